The normalized spacial score (nSPS) is 11.9. The Morgan fingerprint density at radius 2 is 1.60 bits per heavy atom. The molecule has 0 unspecified atom stereocenters. The Bertz CT molecular complexity index is 1850. The minimum absolute atomic E-state index is 0. The van der Waals surface area contributed by atoms with Crippen molar-refractivity contribution in [2.75, 3.05) is 6.54 Å². The molecule has 0 amide bonds. The van der Waals surface area contributed by atoms with Crippen LogP contribution in [0.5, 0.6) is 0 Å². The van der Waals surface area contributed by atoms with Gasteiger partial charge in [0.25, 0.3) is 11.4 Å². The van der Waals surface area contributed by atoms with Gasteiger partial charge in [0.15, 0.2) is 6.54 Å². The topological polar surface area (TPSA) is 36.7 Å². The standard InChI is InChI=1S/C25H25N4.C11H8N.Ir/c1-4-5-16-27-17-28(22-13-7-6-12-21(22)27)23-14-8-10-19-20-11-9-15-26-25(20)29(18(2)3)24(19)23;1-2-6-10(7-3-1)11-8-4-5-9-12-11;/h6-13,15,18H,4-5,16H2,1-3H3;1-6,8-9H;/q+1;-1;. The second-order valence-electron chi connectivity index (χ2n) is 10.3. The Labute approximate surface area is 260 Å². The summed E-state index contributed by atoms with van der Waals surface area (Å²) in [5.74, 6) is 0. The number of aromatic nitrogens is 3. The van der Waals surface area contributed by atoms with Crippen LogP contribution in [0.2, 0.25) is 0 Å². The van der Waals surface area contributed by atoms with Crippen LogP contribution in [0, 0.1) is 12.1 Å². The third-order valence-corrected chi connectivity index (χ3v) is 7.25. The van der Waals surface area contributed by atoms with Gasteiger partial charge in [-0.1, -0.05) is 58.2 Å². The van der Waals surface area contributed by atoms with Crippen molar-refractivity contribution in [1.82, 2.24) is 19.1 Å². The smallest absolute Gasteiger partial charge is 0.371 e. The Balaban J connectivity index is 0.000000228. The molecule has 5 nitrogen and oxygen atoms in total. The molecule has 0 atom stereocenters. The molecule has 1 aliphatic heterocycles. The summed E-state index contributed by atoms with van der Waals surface area (Å²) in [4.78, 5) is 8.92. The number of fused-ring (bicyclic) bond motifs is 4. The molecule has 6 heteroatoms. The molecule has 1 radical (unpaired) electrons. The maximum Gasteiger partial charge on any atom is 0.494 e. The first-order valence-electron chi connectivity index (χ1n) is 14.3. The molecule has 7 rings (SSSR count). The van der Waals surface area contributed by atoms with Crippen molar-refractivity contribution in [2.45, 2.75) is 39.7 Å². The predicted molar refractivity (Wildman–Crippen MR) is 168 cm³/mol. The molecule has 0 bridgehead atoms. The summed E-state index contributed by atoms with van der Waals surface area (Å²) in [7, 11) is 0. The Kier molecular flexibility index (Phi) is 9.19. The first kappa shape index (κ1) is 29.3. The molecule has 1 aliphatic rings. The second-order valence-corrected chi connectivity index (χ2v) is 10.3. The number of benzene rings is 3. The number of pyridine rings is 2. The van der Waals surface area contributed by atoms with E-state index in [4.69, 9.17) is 4.98 Å². The van der Waals surface area contributed by atoms with Gasteiger partial charge in [-0.25, -0.2) is 4.98 Å². The maximum absolute atomic E-state index is 4.71. The molecule has 42 heavy (non-hydrogen) atoms. The molecule has 4 heterocycles. The number of nitrogens with zero attached hydrogens (tertiary/aromatic N) is 5. The van der Waals surface area contributed by atoms with Crippen molar-refractivity contribution < 1.29 is 24.7 Å². The van der Waals surface area contributed by atoms with Crippen molar-refractivity contribution in [3.8, 4) is 11.3 Å². The quantitative estimate of drug-likeness (QED) is 0.127. The molecule has 6 aromatic rings. The zero-order valence-corrected chi connectivity index (χ0v) is 26.5. The summed E-state index contributed by atoms with van der Waals surface area (Å²) in [5.41, 5.74) is 7.58. The van der Waals surface area contributed by atoms with Crippen molar-refractivity contribution in [3.63, 3.8) is 0 Å². The van der Waals surface area contributed by atoms with Crippen LogP contribution in [0.4, 0.5) is 17.1 Å². The molecule has 0 saturated heterocycles. The SMILES string of the molecule is CCCC[N+]1=C=[N+](c2[c-]ccc3c4cccnc4n(C(C)C)c23)c2ccccc21.[Ir].[c-]1ccccc1-c1ccccn1. The van der Waals surface area contributed by atoms with E-state index >= 15 is 0 Å². The van der Waals surface area contributed by atoms with Gasteiger partial charge >= 0.3 is 6.01 Å². The summed E-state index contributed by atoms with van der Waals surface area (Å²) in [6.45, 7) is 7.61. The second kappa shape index (κ2) is 13.2. The fourth-order valence-electron chi connectivity index (χ4n) is 5.36. The third-order valence-electron chi connectivity index (χ3n) is 7.25. The largest absolute Gasteiger partial charge is 0.494 e. The average molecular weight is 728 g/mol. The number of hydrogen-bond donors (Lipinski definition) is 0. The summed E-state index contributed by atoms with van der Waals surface area (Å²) in [5, 5.41) is 2.39. The molecule has 0 N–H and O–H groups in total. The third kappa shape index (κ3) is 5.62. The number of unbranched alkanes of at least 4 members (excludes halogenated alkanes) is 1. The van der Waals surface area contributed by atoms with Crippen LogP contribution in [0.3, 0.4) is 0 Å². The van der Waals surface area contributed by atoms with Crippen molar-refractivity contribution in [3.05, 3.63) is 116 Å². The molecule has 3 aromatic carbocycles. The van der Waals surface area contributed by atoms with Crippen LogP contribution in [-0.4, -0.2) is 31.7 Å². The van der Waals surface area contributed by atoms with E-state index in [1.807, 2.05) is 60.8 Å². The van der Waals surface area contributed by atoms with E-state index in [0.29, 0.717) is 0 Å². The van der Waals surface area contributed by atoms with Gasteiger partial charge in [0.2, 0.25) is 0 Å². The Morgan fingerprint density at radius 3 is 2.33 bits per heavy atom. The van der Waals surface area contributed by atoms with E-state index in [0.717, 1.165) is 53.2 Å². The minimum Gasteiger partial charge on any atom is -0.371 e. The van der Waals surface area contributed by atoms with Crippen LogP contribution in [0.25, 0.3) is 33.2 Å². The van der Waals surface area contributed by atoms with Crippen LogP contribution in [0.1, 0.15) is 39.7 Å². The van der Waals surface area contributed by atoms with Gasteiger partial charge in [0.1, 0.15) is 11.3 Å². The fourth-order valence-corrected chi connectivity index (χ4v) is 5.36. The van der Waals surface area contributed by atoms with Gasteiger partial charge in [0, 0.05) is 68.0 Å². The van der Waals surface area contributed by atoms with Crippen molar-refractivity contribution in [2.24, 2.45) is 0 Å². The molecule has 0 saturated carbocycles. The molecule has 0 spiro atoms. The van der Waals surface area contributed by atoms with E-state index in [2.05, 4.69) is 94.0 Å². The van der Waals surface area contributed by atoms with Gasteiger partial charge in [-0.05, 0) is 31.7 Å². The van der Waals surface area contributed by atoms with Crippen LogP contribution >= 0.6 is 0 Å². The van der Waals surface area contributed by atoms with Crippen LogP contribution in [-0.2, 0) is 20.1 Å². The molecular weight excluding hydrogens is 695 g/mol. The van der Waals surface area contributed by atoms with E-state index in [1.54, 1.807) is 6.20 Å². The first-order valence-corrected chi connectivity index (χ1v) is 14.3. The fraction of sp³-hybridized carbons (Fsp3) is 0.194. The number of rotatable bonds is 6. The maximum atomic E-state index is 4.71. The Morgan fingerprint density at radius 1 is 0.810 bits per heavy atom. The van der Waals surface area contributed by atoms with Crippen LogP contribution in [0.15, 0.2) is 103 Å². The number of hydrogen-bond acceptors (Lipinski definition) is 2. The number of para-hydroxylation sites is 2. The summed E-state index contributed by atoms with van der Waals surface area (Å²) < 4.78 is 6.74. The van der Waals surface area contributed by atoms with Gasteiger partial charge in [-0.3, -0.25) is 0 Å². The molecule has 3 aromatic heterocycles. The average Bonchev–Trinajstić information content (AvgIpc) is 3.57. The molecule has 0 fully saturated rings. The monoisotopic (exact) mass is 728 g/mol. The van der Waals surface area contributed by atoms with Gasteiger partial charge in [0.05, 0.1) is 0 Å². The summed E-state index contributed by atoms with van der Waals surface area (Å²) in [6.07, 6.45) is 5.96. The van der Waals surface area contributed by atoms with E-state index in [-0.39, 0.29) is 26.1 Å². The van der Waals surface area contributed by atoms with E-state index in [9.17, 15) is 0 Å². The van der Waals surface area contributed by atoms with Crippen LogP contribution < -0.4 is 4.58 Å². The zero-order chi connectivity index (χ0) is 28.2. The molecule has 211 valence electrons. The van der Waals surface area contributed by atoms with Gasteiger partial charge < -0.3 is 9.55 Å². The van der Waals surface area contributed by atoms with Gasteiger partial charge in [-0.2, -0.15) is 12.1 Å². The predicted octanol–water partition coefficient (Wildman–Crippen LogP) is 8.58. The summed E-state index contributed by atoms with van der Waals surface area (Å²) >= 11 is 0. The first-order chi connectivity index (χ1) is 20.2. The van der Waals surface area contributed by atoms with Crippen molar-refractivity contribution in [1.29, 1.82) is 0 Å². The van der Waals surface area contributed by atoms with Crippen molar-refractivity contribution >= 4 is 45.0 Å². The molecular formula is C36H33IrN5. The van der Waals surface area contributed by atoms with E-state index < -0.39 is 0 Å². The zero-order valence-electron chi connectivity index (χ0n) is 24.1. The Hall–Kier alpha value is -4.21. The minimum atomic E-state index is 0. The summed E-state index contributed by atoms with van der Waals surface area (Å²) in [6, 6.07) is 41.1. The van der Waals surface area contributed by atoms with Gasteiger partial charge in [-0.15, -0.1) is 42.0 Å². The molecule has 0 aliphatic carbocycles. The van der Waals surface area contributed by atoms with E-state index in [1.165, 1.54) is 16.5 Å².